The number of rotatable bonds is 13. The van der Waals surface area contributed by atoms with E-state index in [4.69, 9.17) is 14.0 Å². The molecule has 0 aliphatic rings. The van der Waals surface area contributed by atoms with Crippen LogP contribution in [-0.4, -0.2) is 41.5 Å². The molecule has 1 aromatic carbocycles. The highest BCUT2D eigenvalue weighted by molar-refractivity contribution is 7.65. The molecule has 1 unspecified atom stereocenters. The molecule has 1 heterocycles. The maximum atomic E-state index is 13.6. The number of benzene rings is 1. The fourth-order valence-corrected chi connectivity index (χ4v) is 4.57. The Kier molecular flexibility index (Phi) is 9.87. The molecule has 3 atom stereocenters. The molecule has 1 aromatic heterocycles. The van der Waals surface area contributed by atoms with E-state index in [1.165, 1.54) is 16.8 Å². The normalized spacial score (nSPS) is 15.5. The van der Waals surface area contributed by atoms with Crippen LogP contribution in [0.5, 0.6) is 0 Å². The second-order valence-electron chi connectivity index (χ2n) is 7.29. The summed E-state index contributed by atoms with van der Waals surface area (Å²) in [6.07, 6.45) is 0.980. The molecule has 0 amide bonds. The van der Waals surface area contributed by atoms with Crippen molar-refractivity contribution in [1.82, 2.24) is 14.6 Å². The van der Waals surface area contributed by atoms with Gasteiger partial charge in [0.25, 0.3) is 13.1 Å². The van der Waals surface area contributed by atoms with Gasteiger partial charge in [0.2, 0.25) is 0 Å². The highest BCUT2D eigenvalue weighted by Crippen LogP contribution is 2.41. The first-order valence-electron chi connectivity index (χ1n) is 10.4. The molecule has 0 saturated carbocycles. The summed E-state index contributed by atoms with van der Waals surface area (Å²) in [6.45, 7) is 8.30. The Morgan fingerprint density at radius 1 is 1.13 bits per heavy atom. The zero-order chi connectivity index (χ0) is 22.9. The number of ether oxygens (including phenoxy) is 2. The lowest BCUT2D eigenvalue weighted by atomic mass is 10.3. The third-order valence-corrected chi connectivity index (χ3v) is 6.63. The van der Waals surface area contributed by atoms with Gasteiger partial charge in [0.15, 0.2) is 0 Å². The van der Waals surface area contributed by atoms with Crippen molar-refractivity contribution in [3.63, 3.8) is 0 Å². The summed E-state index contributed by atoms with van der Waals surface area (Å²) < 4.78 is 32.2. The van der Waals surface area contributed by atoms with Gasteiger partial charge in [-0.15, -0.1) is 0 Å². The Morgan fingerprint density at radius 3 is 2.45 bits per heavy atom. The molecule has 2 aromatic rings. The Hall–Kier alpha value is -2.03. The second-order valence-corrected chi connectivity index (χ2v) is 9.49. The molecule has 31 heavy (non-hydrogen) atoms. The zero-order valence-electron chi connectivity index (χ0n) is 18.4. The van der Waals surface area contributed by atoms with E-state index in [2.05, 4.69) is 10.1 Å². The van der Waals surface area contributed by atoms with Crippen molar-refractivity contribution >= 4 is 12.8 Å². The minimum atomic E-state index is -3.36. The lowest BCUT2D eigenvalue weighted by Gasteiger charge is -2.26. The summed E-state index contributed by atoms with van der Waals surface area (Å²) in [5, 5.41) is 3.56. The van der Waals surface area contributed by atoms with E-state index in [0.717, 1.165) is 0 Å². The lowest BCUT2D eigenvalue weighted by Crippen LogP contribution is -2.34. The third kappa shape index (κ3) is 7.87. The van der Waals surface area contributed by atoms with Gasteiger partial charge >= 0.3 is 5.69 Å². The minimum absolute atomic E-state index is 0.0587. The molecular weight excluding hydrogens is 421 g/mol. The molecule has 0 aliphatic heterocycles. The largest absolute Gasteiger partial charge is 0.377 e. The highest BCUT2D eigenvalue weighted by Gasteiger charge is 2.27. The van der Waals surface area contributed by atoms with Crippen molar-refractivity contribution in [1.29, 1.82) is 0 Å². The maximum Gasteiger partial charge on any atom is 0.330 e. The number of aromatic amines is 1. The van der Waals surface area contributed by atoms with Crippen LogP contribution in [0.25, 0.3) is 0 Å². The van der Waals surface area contributed by atoms with Gasteiger partial charge in [-0.25, -0.2) is 9.88 Å². The van der Waals surface area contributed by atoms with Gasteiger partial charge < -0.3 is 14.0 Å². The Bertz CT molecular complexity index is 959. The summed E-state index contributed by atoms with van der Waals surface area (Å²) in [6, 6.07) is 10.2. The second kappa shape index (κ2) is 12.1. The summed E-state index contributed by atoms with van der Waals surface area (Å²) in [7, 11) is -3.36. The van der Waals surface area contributed by atoms with Crippen molar-refractivity contribution in [3.8, 4) is 0 Å². The summed E-state index contributed by atoms with van der Waals surface area (Å²) >= 11 is 0. The summed E-state index contributed by atoms with van der Waals surface area (Å²) in [4.78, 5) is 25.4. The van der Waals surface area contributed by atoms with E-state index < -0.39 is 31.1 Å². The van der Waals surface area contributed by atoms with Gasteiger partial charge in [-0.2, -0.15) is 0 Å². The first kappa shape index (κ1) is 25.2. The molecule has 2 rings (SSSR count). The van der Waals surface area contributed by atoms with Crippen molar-refractivity contribution in [3.05, 3.63) is 63.4 Å². The van der Waals surface area contributed by atoms with Gasteiger partial charge in [-0.05, 0) is 39.3 Å². The molecule has 0 aliphatic carbocycles. The first-order valence-corrected chi connectivity index (χ1v) is 12.0. The van der Waals surface area contributed by atoms with Crippen LogP contribution in [0.4, 0.5) is 0 Å². The van der Waals surface area contributed by atoms with E-state index in [1.807, 2.05) is 26.8 Å². The SMILES string of the molecule is CCC(CO[P@@](=O)(NCCOC(C)C)c1ccccc1)O[C@H](C)n1ccc(=O)[nH]c1=O. The molecule has 0 spiro atoms. The van der Waals surface area contributed by atoms with E-state index in [0.29, 0.717) is 24.9 Å². The predicted molar refractivity (Wildman–Crippen MR) is 120 cm³/mol. The Balaban J connectivity index is 2.06. The lowest BCUT2D eigenvalue weighted by molar-refractivity contribution is -0.0637. The number of nitrogens with zero attached hydrogens (tertiary/aromatic N) is 1. The number of nitrogens with one attached hydrogen (secondary N) is 2. The van der Waals surface area contributed by atoms with Crippen LogP contribution in [0.3, 0.4) is 0 Å². The number of hydrogen-bond acceptors (Lipinski definition) is 6. The molecule has 9 nitrogen and oxygen atoms in total. The molecular formula is C21H32N3O6P. The van der Waals surface area contributed by atoms with Gasteiger partial charge in [0.1, 0.15) is 6.23 Å². The molecule has 0 saturated heterocycles. The van der Waals surface area contributed by atoms with Crippen LogP contribution in [0, 0.1) is 0 Å². The van der Waals surface area contributed by atoms with Crippen molar-refractivity contribution in [2.75, 3.05) is 19.8 Å². The van der Waals surface area contributed by atoms with E-state index in [1.54, 1.807) is 31.2 Å². The van der Waals surface area contributed by atoms with Crippen LogP contribution in [0.15, 0.2) is 52.2 Å². The first-order chi connectivity index (χ1) is 14.7. The maximum absolute atomic E-state index is 13.6. The van der Waals surface area contributed by atoms with Gasteiger partial charge in [0, 0.05) is 18.8 Å². The topological polar surface area (TPSA) is 112 Å². The monoisotopic (exact) mass is 453 g/mol. The fraction of sp³-hybridized carbons (Fsp3) is 0.524. The standard InChI is InChI=1S/C21H32N3O6P/c1-5-18(30-17(4)24-13-11-20(25)23-21(24)26)15-29-31(27,19-9-7-6-8-10-19)22-12-14-28-16(2)3/h6-11,13,16-18H,5,12,14-15H2,1-4H3,(H,22,27)(H,23,25,26)/t17-,18?,31-/m1/s1. The van der Waals surface area contributed by atoms with Crippen LogP contribution in [-0.2, 0) is 18.6 Å². The molecule has 0 radical (unpaired) electrons. The molecule has 0 fully saturated rings. The van der Waals surface area contributed by atoms with E-state index >= 15 is 0 Å². The number of aromatic nitrogens is 2. The van der Waals surface area contributed by atoms with Crippen molar-refractivity contribution in [2.45, 2.75) is 52.6 Å². The summed E-state index contributed by atoms with van der Waals surface area (Å²) in [5.74, 6) is 0. The van der Waals surface area contributed by atoms with Gasteiger partial charge in [0.05, 0.1) is 30.7 Å². The Morgan fingerprint density at radius 2 is 1.84 bits per heavy atom. The molecule has 172 valence electrons. The molecule has 10 heteroatoms. The summed E-state index contributed by atoms with van der Waals surface area (Å²) in [5.41, 5.74) is -1.03. The fourth-order valence-electron chi connectivity index (χ4n) is 2.82. The van der Waals surface area contributed by atoms with Crippen molar-refractivity contribution < 1.29 is 18.6 Å². The molecule has 2 N–H and O–H groups in total. The van der Waals surface area contributed by atoms with Crippen LogP contribution in [0.1, 0.15) is 40.3 Å². The van der Waals surface area contributed by atoms with Crippen molar-refractivity contribution in [2.24, 2.45) is 0 Å². The average molecular weight is 453 g/mol. The zero-order valence-corrected chi connectivity index (χ0v) is 19.3. The van der Waals surface area contributed by atoms with Gasteiger partial charge in [-0.1, -0.05) is 25.1 Å². The van der Waals surface area contributed by atoms with Gasteiger partial charge in [-0.3, -0.25) is 18.9 Å². The van der Waals surface area contributed by atoms with E-state index in [9.17, 15) is 14.2 Å². The smallest absolute Gasteiger partial charge is 0.330 e. The minimum Gasteiger partial charge on any atom is -0.377 e. The number of hydrogen-bond donors (Lipinski definition) is 2. The van der Waals surface area contributed by atoms with Crippen LogP contribution >= 0.6 is 7.52 Å². The highest BCUT2D eigenvalue weighted by atomic mass is 31.2. The molecule has 0 bridgehead atoms. The number of H-pyrrole nitrogens is 1. The predicted octanol–water partition coefficient (Wildman–Crippen LogP) is 2.40. The Labute approximate surface area is 182 Å². The van der Waals surface area contributed by atoms with Crippen LogP contribution in [0.2, 0.25) is 0 Å². The van der Waals surface area contributed by atoms with E-state index in [-0.39, 0.29) is 12.7 Å². The van der Waals surface area contributed by atoms with Crippen LogP contribution < -0.4 is 21.6 Å². The average Bonchev–Trinajstić information content (AvgIpc) is 2.74. The third-order valence-electron chi connectivity index (χ3n) is 4.50. The quantitative estimate of drug-likeness (QED) is 0.354.